The minimum Gasteiger partial charge on any atom is -0.310 e. The van der Waals surface area contributed by atoms with Gasteiger partial charge in [0.1, 0.15) is 0 Å². The summed E-state index contributed by atoms with van der Waals surface area (Å²) in [5, 5.41) is 3.93. The molecule has 0 amide bonds. The fourth-order valence-electron chi connectivity index (χ4n) is 15.1. The van der Waals surface area contributed by atoms with Gasteiger partial charge in [0.15, 0.2) is 0 Å². The van der Waals surface area contributed by atoms with Crippen LogP contribution in [-0.2, 0) is 32.5 Å². The van der Waals surface area contributed by atoms with Crippen molar-refractivity contribution in [1.29, 1.82) is 0 Å². The van der Waals surface area contributed by atoms with Crippen molar-refractivity contribution in [2.24, 2.45) is 0 Å². The minimum absolute atomic E-state index is 0.00470. The highest BCUT2D eigenvalue weighted by molar-refractivity contribution is 7.27. The molecule has 9 aromatic carbocycles. The first kappa shape index (κ1) is 55.5. The average molecular weight is 1150 g/mol. The summed E-state index contributed by atoms with van der Waals surface area (Å²) in [7, 11) is 0. The Morgan fingerprint density at radius 1 is 0.402 bits per heavy atom. The molecule has 1 aliphatic carbocycles. The Morgan fingerprint density at radius 3 is 1.39 bits per heavy atom. The second-order valence-electron chi connectivity index (χ2n) is 31.1. The van der Waals surface area contributed by atoms with Crippen molar-refractivity contribution < 1.29 is 0 Å². The molecule has 0 N–H and O–H groups in total. The summed E-state index contributed by atoms with van der Waals surface area (Å²) < 4.78 is 8.08. The highest BCUT2D eigenvalue weighted by Crippen LogP contribution is 2.56. The molecule has 0 spiro atoms. The standard InChI is InChI=1S/C81H81BN4S/c1-76(2,3)48-26-34-53(35-27-48)83(54-36-28-49(29-37-54)77(4,5)6)57-46-65-70-66(47-57)86-73-59-23-19-21-25-67(59)87-75(73)68-64(84(55-38-30-50(31-39-55)78(7,8)9)56-40-32-51(33-41-56)79(10,11)12)43-42-62(74(68)86)82(70)63-45-52(80(13,14)15)44-60-69-72(85(65)71(60)63)58-22-18-20-24-61(58)81(69,16)17/h18-47H,1-17H3. The van der Waals surface area contributed by atoms with Gasteiger partial charge in [-0.15, -0.1) is 11.3 Å². The molecule has 0 atom stereocenters. The van der Waals surface area contributed by atoms with Gasteiger partial charge in [-0.3, -0.25) is 0 Å². The van der Waals surface area contributed by atoms with Crippen LogP contribution in [0.1, 0.15) is 157 Å². The van der Waals surface area contributed by atoms with Gasteiger partial charge in [0, 0.05) is 71.5 Å². The van der Waals surface area contributed by atoms with Crippen LogP contribution < -0.4 is 26.2 Å². The van der Waals surface area contributed by atoms with Gasteiger partial charge in [-0.25, -0.2) is 0 Å². The maximum absolute atomic E-state index is 2.75. The van der Waals surface area contributed by atoms with Gasteiger partial charge in [0.05, 0.1) is 32.8 Å². The molecule has 4 nitrogen and oxygen atoms in total. The van der Waals surface area contributed by atoms with E-state index in [0.717, 1.165) is 28.4 Å². The van der Waals surface area contributed by atoms with Gasteiger partial charge in [-0.2, -0.15) is 0 Å². The summed E-state index contributed by atoms with van der Waals surface area (Å²) in [6.07, 6.45) is 0. The zero-order chi connectivity index (χ0) is 61.0. The van der Waals surface area contributed by atoms with Crippen molar-refractivity contribution in [3.63, 3.8) is 0 Å². The molecule has 0 saturated carbocycles. The molecule has 2 aliphatic heterocycles. The van der Waals surface area contributed by atoms with Crippen LogP contribution in [0.5, 0.6) is 0 Å². The van der Waals surface area contributed by atoms with Crippen molar-refractivity contribution in [1.82, 2.24) is 9.13 Å². The van der Waals surface area contributed by atoms with Crippen LogP contribution in [0.25, 0.3) is 64.7 Å². The summed E-state index contributed by atoms with van der Waals surface area (Å²) in [5.41, 5.74) is 29.0. The highest BCUT2D eigenvalue weighted by Gasteiger charge is 2.48. The van der Waals surface area contributed by atoms with E-state index in [0.29, 0.717) is 0 Å². The van der Waals surface area contributed by atoms with Crippen LogP contribution in [0.3, 0.4) is 0 Å². The number of benzene rings is 9. The van der Waals surface area contributed by atoms with Gasteiger partial charge in [-0.05, 0) is 161 Å². The number of fused-ring (bicyclic) bond motifs is 14. The molecular formula is C81H81BN4S. The number of hydrogen-bond acceptors (Lipinski definition) is 3. The summed E-state index contributed by atoms with van der Waals surface area (Å²) >= 11 is 1.95. The first-order chi connectivity index (χ1) is 41.1. The zero-order valence-electron chi connectivity index (χ0n) is 54.1. The maximum atomic E-state index is 2.75. The first-order valence-electron chi connectivity index (χ1n) is 31.6. The summed E-state index contributed by atoms with van der Waals surface area (Å²) in [5.74, 6) is 0. The molecule has 87 heavy (non-hydrogen) atoms. The Labute approximate surface area is 520 Å². The Bertz CT molecular complexity index is 4700. The SMILES string of the molecule is CC(C)(C)c1ccc(N(c2ccc(C(C)(C)C)cc2)c2cc3c4c(c2)-n2c5c(ccc(N(c6ccc(C(C)(C)C)cc6)c6ccc(C(C)(C)C)cc6)c5c5sc6ccccc6c52)B4c2cc(C(C)(C)C)cc4c5c(n-3c24)-c2ccccc2C5(C)C)cc1. The molecule has 0 fully saturated rings. The van der Waals surface area contributed by atoms with Gasteiger partial charge in [0.2, 0.25) is 0 Å². The lowest BCUT2D eigenvalue weighted by Crippen LogP contribution is -2.59. The fraction of sp³-hybridized carbons (Fsp3) is 0.284. The van der Waals surface area contributed by atoms with Crippen molar-refractivity contribution in [2.45, 2.75) is 150 Å². The maximum Gasteiger partial charge on any atom is 0.252 e. The molecule has 12 aromatic rings. The smallest absolute Gasteiger partial charge is 0.252 e. The molecule has 15 rings (SSSR count). The van der Waals surface area contributed by atoms with E-state index in [-0.39, 0.29) is 39.2 Å². The molecule has 6 heteroatoms. The van der Waals surface area contributed by atoms with E-state index in [1.165, 1.54) is 126 Å². The molecule has 0 saturated heterocycles. The molecule has 5 heterocycles. The van der Waals surface area contributed by atoms with E-state index in [4.69, 9.17) is 0 Å². The fourth-order valence-corrected chi connectivity index (χ4v) is 16.3. The molecule has 0 bridgehead atoms. The first-order valence-corrected chi connectivity index (χ1v) is 32.4. The largest absolute Gasteiger partial charge is 0.310 e. The van der Waals surface area contributed by atoms with E-state index in [1.54, 1.807) is 0 Å². The number of rotatable bonds is 6. The van der Waals surface area contributed by atoms with Crippen LogP contribution in [0, 0.1) is 0 Å². The van der Waals surface area contributed by atoms with Crippen LogP contribution >= 0.6 is 11.3 Å². The van der Waals surface area contributed by atoms with Crippen LogP contribution in [0.15, 0.2) is 182 Å². The molecule has 3 aromatic heterocycles. The second-order valence-corrected chi connectivity index (χ2v) is 32.2. The summed E-state index contributed by atoms with van der Waals surface area (Å²) in [6.45, 7) is 39.8. The van der Waals surface area contributed by atoms with Gasteiger partial charge in [-0.1, -0.05) is 221 Å². The van der Waals surface area contributed by atoms with E-state index in [1.807, 2.05) is 11.3 Å². The molecule has 0 unspecified atom stereocenters. The zero-order valence-corrected chi connectivity index (χ0v) is 54.9. The molecule has 434 valence electrons. The van der Waals surface area contributed by atoms with Gasteiger partial charge < -0.3 is 18.9 Å². The number of hydrogen-bond donors (Lipinski definition) is 0. The predicted octanol–water partition coefficient (Wildman–Crippen LogP) is 20.8. The molecule has 0 radical (unpaired) electrons. The Hall–Kier alpha value is -8.06. The molecule has 3 aliphatic rings. The average Bonchev–Trinajstić information content (AvgIpc) is 1.54. The van der Waals surface area contributed by atoms with Crippen molar-refractivity contribution in [3.8, 4) is 22.6 Å². The third kappa shape index (κ3) is 8.28. The Kier molecular flexibility index (Phi) is 11.8. The van der Waals surface area contributed by atoms with Gasteiger partial charge >= 0.3 is 0 Å². The van der Waals surface area contributed by atoms with Crippen molar-refractivity contribution >= 4 is 111 Å². The Morgan fingerprint density at radius 2 is 0.874 bits per heavy atom. The Balaban J connectivity index is 1.12. The summed E-state index contributed by atoms with van der Waals surface area (Å²) in [6, 6.07) is 71.5. The molecular weight excluding hydrogens is 1070 g/mol. The highest BCUT2D eigenvalue weighted by atomic mass is 32.1. The number of nitrogens with zero attached hydrogens (tertiary/aromatic N) is 4. The number of thiophene rings is 1. The van der Waals surface area contributed by atoms with E-state index < -0.39 is 0 Å². The predicted molar refractivity (Wildman–Crippen MR) is 378 cm³/mol. The quantitative estimate of drug-likeness (QED) is 0.154. The van der Waals surface area contributed by atoms with Crippen molar-refractivity contribution in [3.05, 3.63) is 221 Å². The lowest BCUT2D eigenvalue weighted by molar-refractivity contribution is 0.590. The number of aromatic nitrogens is 2. The minimum atomic E-state index is -0.249. The topological polar surface area (TPSA) is 16.3 Å². The third-order valence-electron chi connectivity index (χ3n) is 19.8. The van der Waals surface area contributed by atoms with Crippen LogP contribution in [0.4, 0.5) is 34.1 Å². The lowest BCUT2D eigenvalue weighted by Gasteiger charge is -2.37. The van der Waals surface area contributed by atoms with Crippen LogP contribution in [0.2, 0.25) is 0 Å². The number of anilines is 6. The summed E-state index contributed by atoms with van der Waals surface area (Å²) in [4.78, 5) is 5.10. The third-order valence-corrected chi connectivity index (χ3v) is 21.0. The second kappa shape index (κ2) is 18.5. The van der Waals surface area contributed by atoms with E-state index in [9.17, 15) is 0 Å². The van der Waals surface area contributed by atoms with Crippen LogP contribution in [-0.4, -0.2) is 15.8 Å². The monoisotopic (exact) mass is 1150 g/mol. The lowest BCUT2D eigenvalue weighted by atomic mass is 9.34. The van der Waals surface area contributed by atoms with E-state index >= 15 is 0 Å². The normalized spacial score (nSPS) is 14.3. The van der Waals surface area contributed by atoms with Gasteiger partial charge in [0.25, 0.3) is 6.71 Å². The van der Waals surface area contributed by atoms with Crippen molar-refractivity contribution in [2.75, 3.05) is 9.80 Å². The van der Waals surface area contributed by atoms with E-state index in [2.05, 4.69) is 319 Å².